The molecule has 0 aromatic heterocycles. The Balaban J connectivity index is 1.92. The van der Waals surface area contributed by atoms with Crippen molar-refractivity contribution in [3.63, 3.8) is 0 Å². The maximum Gasteiger partial charge on any atom is 0.307 e. The van der Waals surface area contributed by atoms with E-state index in [1.54, 1.807) is 7.11 Å². The molecule has 0 bridgehead atoms. The molecule has 0 unspecified atom stereocenters. The number of hydrogen-bond acceptors (Lipinski definition) is 5. The molecular weight excluding hydrogens is 320 g/mol. The third-order valence-corrected chi connectivity index (χ3v) is 4.47. The van der Waals surface area contributed by atoms with E-state index < -0.39 is 5.54 Å². The molecule has 1 fully saturated rings. The van der Waals surface area contributed by atoms with Crippen LogP contribution in [0.3, 0.4) is 0 Å². The van der Waals surface area contributed by atoms with E-state index in [9.17, 15) is 9.59 Å². The fraction of sp³-hybridized carbons (Fsp3) is 0.579. The lowest BCUT2D eigenvalue weighted by Gasteiger charge is -2.29. The summed E-state index contributed by atoms with van der Waals surface area (Å²) in [4.78, 5) is 24.0. The lowest BCUT2D eigenvalue weighted by molar-refractivity contribution is -0.143. The molecular formula is C19H28N2O4. The lowest BCUT2D eigenvalue weighted by Crippen LogP contribution is -2.51. The maximum absolute atomic E-state index is 12.4. The van der Waals surface area contributed by atoms with Gasteiger partial charge in [-0.15, -0.1) is 0 Å². The maximum atomic E-state index is 12.4. The molecule has 1 saturated carbocycles. The minimum Gasteiger partial charge on any atom is -0.469 e. The number of amides is 1. The summed E-state index contributed by atoms with van der Waals surface area (Å²) in [5.41, 5.74) is 0.480. The van der Waals surface area contributed by atoms with E-state index in [0.717, 1.165) is 18.4 Å². The summed E-state index contributed by atoms with van der Waals surface area (Å²) in [7, 11) is 2.91. The van der Waals surface area contributed by atoms with Crippen LogP contribution in [0.4, 0.5) is 0 Å². The van der Waals surface area contributed by atoms with E-state index in [1.807, 2.05) is 37.3 Å². The fourth-order valence-corrected chi connectivity index (χ4v) is 2.96. The molecule has 2 rings (SSSR count). The molecule has 1 amide bonds. The number of esters is 1. The number of benzene rings is 1. The highest BCUT2D eigenvalue weighted by molar-refractivity contribution is 5.79. The molecule has 1 aromatic carbocycles. The zero-order chi connectivity index (χ0) is 18.3. The number of carbonyl (C=O) groups excluding carboxylic acids is 2. The Morgan fingerprint density at radius 3 is 2.48 bits per heavy atom. The van der Waals surface area contributed by atoms with Gasteiger partial charge in [0.05, 0.1) is 32.7 Å². The van der Waals surface area contributed by atoms with Gasteiger partial charge in [0.2, 0.25) is 5.91 Å². The Hall–Kier alpha value is -1.92. The Morgan fingerprint density at radius 1 is 1.24 bits per heavy atom. The van der Waals surface area contributed by atoms with Gasteiger partial charge in [-0.3, -0.25) is 9.59 Å². The number of hydrogen-bond donors (Lipinski definition) is 2. The summed E-state index contributed by atoms with van der Waals surface area (Å²) >= 11 is 0. The monoisotopic (exact) mass is 348 g/mol. The predicted octanol–water partition coefficient (Wildman–Crippen LogP) is 1.81. The average Bonchev–Trinajstić information content (AvgIpc) is 3.44. The first-order valence-electron chi connectivity index (χ1n) is 8.62. The smallest absolute Gasteiger partial charge is 0.307 e. The van der Waals surface area contributed by atoms with Crippen LogP contribution in [0.5, 0.6) is 0 Å². The summed E-state index contributed by atoms with van der Waals surface area (Å²) in [6.45, 7) is 2.27. The van der Waals surface area contributed by atoms with Gasteiger partial charge in [0.15, 0.2) is 0 Å². The van der Waals surface area contributed by atoms with Crippen LogP contribution in [0.25, 0.3) is 0 Å². The van der Waals surface area contributed by atoms with Crippen LogP contribution >= 0.6 is 0 Å². The SMILES string of the molecule is COC[C@@](C)(CC(=O)OC)NCC(=O)N[C@H](c1ccccc1)C1CC1. The Labute approximate surface area is 149 Å². The van der Waals surface area contributed by atoms with E-state index >= 15 is 0 Å². The Bertz CT molecular complexity index is 574. The van der Waals surface area contributed by atoms with Gasteiger partial charge in [-0.25, -0.2) is 0 Å². The number of carbonyl (C=O) groups is 2. The molecule has 25 heavy (non-hydrogen) atoms. The summed E-state index contributed by atoms with van der Waals surface area (Å²) < 4.78 is 9.91. The molecule has 138 valence electrons. The van der Waals surface area contributed by atoms with E-state index in [1.165, 1.54) is 7.11 Å². The molecule has 1 aliphatic rings. The minimum atomic E-state index is -0.652. The lowest BCUT2D eigenvalue weighted by atomic mass is 9.98. The van der Waals surface area contributed by atoms with Crippen molar-refractivity contribution < 1.29 is 19.1 Å². The molecule has 6 nitrogen and oxygen atoms in total. The van der Waals surface area contributed by atoms with Crippen molar-refractivity contribution in [3.8, 4) is 0 Å². The molecule has 0 aliphatic heterocycles. The molecule has 0 spiro atoms. The molecule has 0 saturated heterocycles. The molecule has 2 N–H and O–H groups in total. The topological polar surface area (TPSA) is 76.7 Å². The van der Waals surface area contributed by atoms with Gasteiger partial charge in [0.1, 0.15) is 0 Å². The van der Waals surface area contributed by atoms with Crippen molar-refractivity contribution in [1.82, 2.24) is 10.6 Å². The van der Waals surface area contributed by atoms with Crippen LogP contribution in [0, 0.1) is 5.92 Å². The molecule has 0 heterocycles. The summed E-state index contributed by atoms with van der Waals surface area (Å²) in [6, 6.07) is 10.1. The van der Waals surface area contributed by atoms with Gasteiger partial charge >= 0.3 is 5.97 Å². The number of nitrogens with one attached hydrogen (secondary N) is 2. The number of methoxy groups -OCH3 is 2. The van der Waals surface area contributed by atoms with Crippen molar-refractivity contribution in [2.24, 2.45) is 5.92 Å². The second-order valence-corrected chi connectivity index (χ2v) is 6.89. The first-order chi connectivity index (χ1) is 12.0. The first-order valence-corrected chi connectivity index (χ1v) is 8.62. The van der Waals surface area contributed by atoms with Crippen LogP contribution < -0.4 is 10.6 Å². The van der Waals surface area contributed by atoms with Crippen molar-refractivity contribution in [3.05, 3.63) is 35.9 Å². The fourth-order valence-electron chi connectivity index (χ4n) is 2.96. The van der Waals surface area contributed by atoms with Crippen LogP contribution in [-0.2, 0) is 19.1 Å². The minimum absolute atomic E-state index is 0.0461. The number of rotatable bonds is 10. The van der Waals surface area contributed by atoms with Gasteiger partial charge in [0, 0.05) is 12.6 Å². The standard InChI is InChI=1S/C19H28N2O4/c1-19(13-24-2,11-17(23)25-3)20-12-16(22)21-18(15-9-10-15)14-7-5-4-6-8-14/h4-8,15,18,20H,9-13H2,1-3H3,(H,21,22)/t18-,19-/m1/s1. The zero-order valence-electron chi connectivity index (χ0n) is 15.2. The second-order valence-electron chi connectivity index (χ2n) is 6.89. The van der Waals surface area contributed by atoms with Crippen LogP contribution in [0.15, 0.2) is 30.3 Å². The van der Waals surface area contributed by atoms with Crippen molar-refractivity contribution in [2.45, 2.75) is 37.8 Å². The van der Waals surface area contributed by atoms with Gasteiger partial charge in [0.25, 0.3) is 0 Å². The molecule has 2 atom stereocenters. The first kappa shape index (κ1) is 19.4. The van der Waals surface area contributed by atoms with Crippen LogP contribution in [0.2, 0.25) is 0 Å². The predicted molar refractivity (Wildman–Crippen MR) is 95.0 cm³/mol. The third kappa shape index (κ3) is 6.14. The summed E-state index contributed by atoms with van der Waals surface area (Å²) in [5.74, 6) is 0.0762. The molecule has 1 aliphatic carbocycles. The highest BCUT2D eigenvalue weighted by atomic mass is 16.5. The summed E-state index contributed by atoms with van der Waals surface area (Å²) in [5, 5.41) is 6.26. The van der Waals surface area contributed by atoms with E-state index in [-0.39, 0.29) is 30.9 Å². The quantitative estimate of drug-likeness (QED) is 0.631. The van der Waals surface area contributed by atoms with Crippen LogP contribution in [-0.4, -0.2) is 44.8 Å². The highest BCUT2D eigenvalue weighted by Gasteiger charge is 2.34. The highest BCUT2D eigenvalue weighted by Crippen LogP contribution is 2.40. The van der Waals surface area contributed by atoms with Crippen molar-refractivity contribution in [1.29, 1.82) is 0 Å². The summed E-state index contributed by atoms with van der Waals surface area (Å²) in [6.07, 6.45) is 2.41. The molecule has 1 aromatic rings. The second kappa shape index (κ2) is 8.97. The Kier molecular flexibility index (Phi) is 6.96. The zero-order valence-corrected chi connectivity index (χ0v) is 15.2. The van der Waals surface area contributed by atoms with E-state index in [4.69, 9.17) is 9.47 Å². The number of ether oxygens (including phenoxy) is 2. The van der Waals surface area contributed by atoms with E-state index in [0.29, 0.717) is 12.5 Å². The van der Waals surface area contributed by atoms with Crippen molar-refractivity contribution in [2.75, 3.05) is 27.4 Å². The van der Waals surface area contributed by atoms with Crippen LogP contribution in [0.1, 0.15) is 37.8 Å². The van der Waals surface area contributed by atoms with Gasteiger partial charge in [-0.1, -0.05) is 30.3 Å². The van der Waals surface area contributed by atoms with Gasteiger partial charge in [-0.2, -0.15) is 0 Å². The normalized spacial score (nSPS) is 17.4. The molecule has 0 radical (unpaired) electrons. The van der Waals surface area contributed by atoms with E-state index in [2.05, 4.69) is 10.6 Å². The average molecular weight is 348 g/mol. The largest absolute Gasteiger partial charge is 0.469 e. The van der Waals surface area contributed by atoms with Crippen molar-refractivity contribution >= 4 is 11.9 Å². The third-order valence-electron chi connectivity index (χ3n) is 4.47. The Morgan fingerprint density at radius 2 is 1.92 bits per heavy atom. The van der Waals surface area contributed by atoms with Gasteiger partial charge in [-0.05, 0) is 31.2 Å². The molecule has 6 heteroatoms. The van der Waals surface area contributed by atoms with Gasteiger partial charge < -0.3 is 20.1 Å².